The summed E-state index contributed by atoms with van der Waals surface area (Å²) in [5.74, 6) is 1.51. The standard InChI is InChI=1S/C23H24N4O2S/c1-5-30-23-24-21-20(25-26-23)18-8-6-7-9-19(18)27(15(4)28)22(29-21)17-12-10-16(11-13-17)14(2)3/h6-14,22H,5H2,1-4H3. The van der Waals surface area contributed by atoms with E-state index in [9.17, 15) is 4.79 Å². The topological polar surface area (TPSA) is 68.2 Å². The summed E-state index contributed by atoms with van der Waals surface area (Å²) in [5, 5.41) is 9.20. The van der Waals surface area contributed by atoms with Crippen LogP contribution in [0, 0.1) is 0 Å². The van der Waals surface area contributed by atoms with Crippen LogP contribution in [0.2, 0.25) is 0 Å². The number of carbonyl (C=O) groups excluding carboxylic acids is 1. The van der Waals surface area contributed by atoms with E-state index < -0.39 is 6.23 Å². The largest absolute Gasteiger partial charge is 0.447 e. The molecule has 2 heterocycles. The fourth-order valence-corrected chi connectivity index (χ4v) is 4.01. The summed E-state index contributed by atoms with van der Waals surface area (Å²) in [6.45, 7) is 7.89. The third kappa shape index (κ3) is 3.77. The first-order valence-electron chi connectivity index (χ1n) is 10.0. The lowest BCUT2D eigenvalue weighted by Crippen LogP contribution is -2.36. The molecule has 30 heavy (non-hydrogen) atoms. The molecule has 1 aromatic heterocycles. The minimum Gasteiger partial charge on any atom is -0.447 e. The summed E-state index contributed by atoms with van der Waals surface area (Å²) in [6.07, 6.45) is -0.651. The van der Waals surface area contributed by atoms with Crippen LogP contribution in [0.5, 0.6) is 5.88 Å². The first-order valence-corrected chi connectivity index (χ1v) is 11.0. The van der Waals surface area contributed by atoms with Gasteiger partial charge in [-0.05, 0) is 23.3 Å². The number of ether oxygens (including phenoxy) is 1. The summed E-state index contributed by atoms with van der Waals surface area (Å²) < 4.78 is 6.36. The molecule has 1 amide bonds. The van der Waals surface area contributed by atoms with Gasteiger partial charge in [-0.25, -0.2) is 0 Å². The van der Waals surface area contributed by atoms with Gasteiger partial charge in [0.1, 0.15) is 0 Å². The van der Waals surface area contributed by atoms with Crippen LogP contribution in [-0.4, -0.2) is 26.8 Å². The Bertz CT molecular complexity index is 1070. The van der Waals surface area contributed by atoms with Crippen molar-refractivity contribution in [3.63, 3.8) is 0 Å². The number of thioether (sulfide) groups is 1. The van der Waals surface area contributed by atoms with Crippen molar-refractivity contribution < 1.29 is 9.53 Å². The van der Waals surface area contributed by atoms with Crippen molar-refractivity contribution in [1.29, 1.82) is 0 Å². The Balaban J connectivity index is 1.89. The lowest BCUT2D eigenvalue weighted by atomic mass is 10.0. The maximum Gasteiger partial charge on any atom is 0.247 e. The molecule has 2 aromatic carbocycles. The molecule has 1 atom stereocenters. The molecule has 0 N–H and O–H groups in total. The van der Waals surface area contributed by atoms with Crippen LogP contribution in [0.15, 0.2) is 53.7 Å². The van der Waals surface area contributed by atoms with E-state index in [4.69, 9.17) is 4.74 Å². The van der Waals surface area contributed by atoms with Crippen molar-refractivity contribution in [3.8, 4) is 17.1 Å². The molecule has 0 aliphatic carbocycles. The normalized spacial score (nSPS) is 15.2. The van der Waals surface area contributed by atoms with Gasteiger partial charge in [-0.2, -0.15) is 4.98 Å². The molecule has 0 bridgehead atoms. The molecule has 0 saturated carbocycles. The Hall–Kier alpha value is -2.93. The predicted molar refractivity (Wildman–Crippen MR) is 119 cm³/mol. The van der Waals surface area contributed by atoms with Gasteiger partial charge >= 0.3 is 0 Å². The zero-order valence-electron chi connectivity index (χ0n) is 17.5. The molecule has 3 aromatic rings. The van der Waals surface area contributed by atoms with Gasteiger partial charge in [-0.1, -0.05) is 75.0 Å². The van der Waals surface area contributed by atoms with Crippen molar-refractivity contribution in [1.82, 2.24) is 15.2 Å². The smallest absolute Gasteiger partial charge is 0.247 e. The number of carbonyl (C=O) groups is 1. The minimum atomic E-state index is -0.651. The van der Waals surface area contributed by atoms with Crippen LogP contribution in [0.25, 0.3) is 11.3 Å². The van der Waals surface area contributed by atoms with Gasteiger partial charge in [0.05, 0.1) is 5.69 Å². The maximum absolute atomic E-state index is 12.8. The zero-order chi connectivity index (χ0) is 21.3. The number of fused-ring (bicyclic) bond motifs is 3. The summed E-state index contributed by atoms with van der Waals surface area (Å²) in [6, 6.07) is 15.8. The van der Waals surface area contributed by atoms with Gasteiger partial charge in [0.2, 0.25) is 23.2 Å². The van der Waals surface area contributed by atoms with E-state index in [0.717, 1.165) is 22.6 Å². The lowest BCUT2D eigenvalue weighted by Gasteiger charge is -2.30. The predicted octanol–water partition coefficient (Wildman–Crippen LogP) is 5.22. The van der Waals surface area contributed by atoms with E-state index >= 15 is 0 Å². The summed E-state index contributed by atoms with van der Waals surface area (Å²) in [7, 11) is 0. The molecule has 4 rings (SSSR count). The van der Waals surface area contributed by atoms with Crippen molar-refractivity contribution >= 4 is 23.4 Å². The minimum absolute atomic E-state index is 0.121. The van der Waals surface area contributed by atoms with Crippen LogP contribution >= 0.6 is 11.8 Å². The third-order valence-electron chi connectivity index (χ3n) is 5.01. The zero-order valence-corrected chi connectivity index (χ0v) is 18.3. The average Bonchev–Trinajstić information content (AvgIpc) is 2.88. The van der Waals surface area contributed by atoms with Crippen LogP contribution in [0.3, 0.4) is 0 Å². The number of amides is 1. The number of aromatic nitrogens is 3. The monoisotopic (exact) mass is 420 g/mol. The Labute approximate surface area is 180 Å². The molecular formula is C23H24N4O2S. The molecule has 0 spiro atoms. The van der Waals surface area contributed by atoms with Gasteiger partial charge in [-0.3, -0.25) is 9.69 Å². The maximum atomic E-state index is 12.8. The Kier molecular flexibility index (Phi) is 5.72. The van der Waals surface area contributed by atoms with Crippen LogP contribution in [0.4, 0.5) is 5.69 Å². The summed E-state index contributed by atoms with van der Waals surface area (Å²) in [5.41, 5.74) is 4.15. The molecule has 0 fully saturated rings. The van der Waals surface area contributed by atoms with Gasteiger partial charge < -0.3 is 4.74 Å². The molecule has 0 radical (unpaired) electrons. The van der Waals surface area contributed by atoms with E-state index in [2.05, 4.69) is 41.2 Å². The summed E-state index contributed by atoms with van der Waals surface area (Å²) in [4.78, 5) is 19.0. The fraction of sp³-hybridized carbons (Fsp3) is 0.304. The molecular weight excluding hydrogens is 396 g/mol. The van der Waals surface area contributed by atoms with E-state index in [0.29, 0.717) is 22.6 Å². The highest BCUT2D eigenvalue weighted by molar-refractivity contribution is 7.99. The lowest BCUT2D eigenvalue weighted by molar-refractivity contribution is -0.118. The van der Waals surface area contributed by atoms with Crippen molar-refractivity contribution in [3.05, 3.63) is 59.7 Å². The number of benzene rings is 2. The van der Waals surface area contributed by atoms with E-state index in [1.165, 1.54) is 17.3 Å². The van der Waals surface area contributed by atoms with E-state index in [1.807, 2.05) is 43.3 Å². The second kappa shape index (κ2) is 8.44. The number of nitrogens with zero attached hydrogens (tertiary/aromatic N) is 4. The van der Waals surface area contributed by atoms with Gasteiger partial charge in [0, 0.05) is 18.1 Å². The summed E-state index contributed by atoms with van der Waals surface area (Å²) >= 11 is 1.50. The third-order valence-corrected chi connectivity index (χ3v) is 5.73. The Morgan fingerprint density at radius 1 is 1.13 bits per heavy atom. The molecule has 1 unspecified atom stereocenters. The first-order chi connectivity index (χ1) is 14.5. The number of anilines is 1. The highest BCUT2D eigenvalue weighted by Gasteiger charge is 2.34. The second-order valence-electron chi connectivity index (χ2n) is 7.38. The van der Waals surface area contributed by atoms with Crippen LogP contribution in [-0.2, 0) is 4.79 Å². The number of para-hydroxylation sites is 1. The second-order valence-corrected chi connectivity index (χ2v) is 8.61. The van der Waals surface area contributed by atoms with E-state index in [1.54, 1.807) is 11.8 Å². The van der Waals surface area contributed by atoms with Crippen LogP contribution in [0.1, 0.15) is 51.0 Å². The molecule has 0 saturated heterocycles. The van der Waals surface area contributed by atoms with Gasteiger partial charge in [-0.15, -0.1) is 10.2 Å². The van der Waals surface area contributed by atoms with E-state index in [-0.39, 0.29) is 5.91 Å². The quantitative estimate of drug-likeness (QED) is 0.539. The van der Waals surface area contributed by atoms with Crippen molar-refractivity contribution in [2.45, 2.75) is 45.0 Å². The fourth-order valence-electron chi connectivity index (χ4n) is 3.51. The number of hydrogen-bond donors (Lipinski definition) is 0. The molecule has 154 valence electrons. The average molecular weight is 421 g/mol. The van der Waals surface area contributed by atoms with Crippen molar-refractivity contribution in [2.24, 2.45) is 0 Å². The SMILES string of the molecule is CCSc1nnc2c(n1)OC(c1ccc(C(C)C)cc1)N(C(C)=O)c1ccccc1-2. The number of hydrogen-bond acceptors (Lipinski definition) is 6. The van der Waals surface area contributed by atoms with Crippen molar-refractivity contribution in [2.75, 3.05) is 10.7 Å². The van der Waals surface area contributed by atoms with Gasteiger partial charge in [0.25, 0.3) is 0 Å². The van der Waals surface area contributed by atoms with Crippen LogP contribution < -0.4 is 9.64 Å². The molecule has 6 nitrogen and oxygen atoms in total. The highest BCUT2D eigenvalue weighted by atomic mass is 32.2. The molecule has 7 heteroatoms. The molecule has 1 aliphatic heterocycles. The first kappa shape index (κ1) is 20.3. The highest BCUT2D eigenvalue weighted by Crippen LogP contribution is 2.43. The Morgan fingerprint density at radius 3 is 2.53 bits per heavy atom. The molecule has 1 aliphatic rings. The van der Waals surface area contributed by atoms with Gasteiger partial charge in [0.15, 0.2) is 5.69 Å². The number of rotatable bonds is 4. The Morgan fingerprint density at radius 2 is 1.87 bits per heavy atom.